The van der Waals surface area contributed by atoms with Crippen LogP contribution in [0.3, 0.4) is 0 Å². The maximum Gasteiger partial charge on any atom is 0.335 e. The van der Waals surface area contributed by atoms with Crippen molar-refractivity contribution in [2.24, 2.45) is 5.92 Å². The highest BCUT2D eigenvalue weighted by Gasteiger charge is 2.46. The normalized spacial score (nSPS) is 24.0. The van der Waals surface area contributed by atoms with Gasteiger partial charge in [-0.2, -0.15) is 0 Å². The van der Waals surface area contributed by atoms with Crippen molar-refractivity contribution in [3.63, 3.8) is 0 Å². The number of fused-ring (bicyclic) bond motifs is 3. The van der Waals surface area contributed by atoms with E-state index >= 15 is 0 Å². The number of anilines is 1. The maximum atomic E-state index is 11.8. The average molecular weight is 611 g/mol. The van der Waals surface area contributed by atoms with E-state index in [1.807, 2.05) is 28.9 Å². The van der Waals surface area contributed by atoms with Gasteiger partial charge in [0.15, 0.2) is 5.13 Å². The SMILES string of the molecule is O=C(O)c1cc(C2CCC2)c2nc(N3C[C@@H]4C[C@H]3C[C@H]4OCc3c(-c4c(Cl)cccc4Cl)nnn3C3CC3)sc2c1. The van der Waals surface area contributed by atoms with E-state index in [9.17, 15) is 9.90 Å². The van der Waals surface area contributed by atoms with Crippen molar-refractivity contribution in [2.75, 3.05) is 11.4 Å². The number of thiazole rings is 1. The van der Waals surface area contributed by atoms with Crippen LogP contribution in [0.1, 0.15) is 78.5 Å². The third-order valence-corrected chi connectivity index (χ3v) is 11.0. The number of ether oxygens (including phenoxy) is 1. The molecule has 4 fully saturated rings. The molecule has 3 heterocycles. The van der Waals surface area contributed by atoms with Crippen LogP contribution in [0.15, 0.2) is 30.3 Å². The van der Waals surface area contributed by atoms with E-state index in [-0.39, 0.29) is 6.10 Å². The Labute approximate surface area is 251 Å². The monoisotopic (exact) mass is 609 g/mol. The van der Waals surface area contributed by atoms with Gasteiger partial charge in [-0.3, -0.25) is 0 Å². The van der Waals surface area contributed by atoms with E-state index in [1.54, 1.807) is 17.4 Å². The summed E-state index contributed by atoms with van der Waals surface area (Å²) in [5.41, 5.74) is 4.81. The fraction of sp³-hybridized carbons (Fsp3) is 0.467. The molecule has 1 aliphatic heterocycles. The highest BCUT2D eigenvalue weighted by molar-refractivity contribution is 7.22. The minimum Gasteiger partial charge on any atom is -0.478 e. The zero-order valence-corrected chi connectivity index (χ0v) is 24.6. The molecule has 1 N–H and O–H groups in total. The van der Waals surface area contributed by atoms with Gasteiger partial charge in [0.25, 0.3) is 0 Å². The van der Waals surface area contributed by atoms with Gasteiger partial charge in [-0.25, -0.2) is 14.5 Å². The summed E-state index contributed by atoms with van der Waals surface area (Å²) in [6, 6.07) is 9.85. The Morgan fingerprint density at radius 1 is 1.10 bits per heavy atom. The predicted molar refractivity (Wildman–Crippen MR) is 159 cm³/mol. The van der Waals surface area contributed by atoms with Gasteiger partial charge in [-0.1, -0.05) is 52.2 Å². The Morgan fingerprint density at radius 2 is 1.90 bits per heavy atom. The molecule has 3 aliphatic carbocycles. The molecule has 8 rings (SSSR count). The predicted octanol–water partition coefficient (Wildman–Crippen LogP) is 7.35. The first-order valence-electron chi connectivity index (χ1n) is 14.4. The summed E-state index contributed by atoms with van der Waals surface area (Å²) in [4.78, 5) is 19.3. The molecule has 212 valence electrons. The summed E-state index contributed by atoms with van der Waals surface area (Å²) in [6.45, 7) is 1.31. The molecule has 4 aromatic rings. The lowest BCUT2D eigenvalue weighted by Gasteiger charge is -2.31. The number of piperidine rings is 1. The molecule has 11 heteroatoms. The summed E-state index contributed by atoms with van der Waals surface area (Å²) in [6.07, 6.45) is 7.75. The molecule has 0 radical (unpaired) electrons. The number of hydrogen-bond donors (Lipinski definition) is 1. The second-order valence-corrected chi connectivity index (χ2v) is 13.7. The average Bonchev–Trinajstić information content (AvgIpc) is 3.25. The number of carboxylic acid groups (broad SMARTS) is 1. The molecule has 2 aromatic heterocycles. The van der Waals surface area contributed by atoms with E-state index in [4.69, 9.17) is 32.9 Å². The lowest BCUT2D eigenvalue weighted by atomic mass is 9.79. The van der Waals surface area contributed by atoms with Gasteiger partial charge in [-0.05, 0) is 74.3 Å². The Hall–Kier alpha value is -2.72. The largest absolute Gasteiger partial charge is 0.478 e. The standard InChI is InChI=1S/C30H29Cl2N5O3S/c31-21-5-2-6-22(32)26(21)28-23(37(35-34-28)18-7-8-18)14-40-24-12-19-9-17(24)13-36(19)30-33-27-20(15-3-1-4-15)10-16(29(38)39)11-25(27)41-30/h2,5-6,10-11,15,17-19,24H,1,3-4,7-9,12-14H2,(H,38,39)/t17-,19-,24+/m0/s1. The summed E-state index contributed by atoms with van der Waals surface area (Å²) >= 11 is 14.7. The van der Waals surface area contributed by atoms with Crippen LogP contribution in [0, 0.1) is 5.92 Å². The van der Waals surface area contributed by atoms with Crippen LogP contribution in [0.5, 0.6) is 0 Å². The molecule has 0 amide bonds. The van der Waals surface area contributed by atoms with Gasteiger partial charge in [0.05, 0.1) is 50.3 Å². The van der Waals surface area contributed by atoms with Crippen LogP contribution < -0.4 is 4.90 Å². The maximum absolute atomic E-state index is 11.8. The third kappa shape index (κ3) is 4.44. The molecule has 3 atom stereocenters. The summed E-state index contributed by atoms with van der Waals surface area (Å²) in [5, 5.41) is 20.8. The second kappa shape index (κ2) is 9.93. The molecule has 8 nitrogen and oxygen atoms in total. The number of rotatable bonds is 8. The summed E-state index contributed by atoms with van der Waals surface area (Å²) < 4.78 is 9.58. The van der Waals surface area contributed by atoms with E-state index in [0.717, 1.165) is 71.7 Å². The van der Waals surface area contributed by atoms with Crippen LogP contribution in [-0.2, 0) is 11.3 Å². The Bertz CT molecular complexity index is 1660. The zero-order chi connectivity index (χ0) is 27.8. The molecule has 41 heavy (non-hydrogen) atoms. The van der Waals surface area contributed by atoms with E-state index in [0.29, 0.717) is 57.4 Å². The van der Waals surface area contributed by atoms with Crippen LogP contribution in [-0.4, -0.2) is 49.7 Å². The number of carbonyl (C=O) groups is 1. The van der Waals surface area contributed by atoms with Gasteiger partial charge in [0.2, 0.25) is 0 Å². The van der Waals surface area contributed by atoms with E-state index < -0.39 is 5.97 Å². The number of carboxylic acids is 1. The Kier molecular flexibility index (Phi) is 6.29. The van der Waals surface area contributed by atoms with Gasteiger partial charge in [0, 0.05) is 24.1 Å². The number of nitrogens with zero attached hydrogens (tertiary/aromatic N) is 5. The van der Waals surface area contributed by atoms with Crippen LogP contribution >= 0.6 is 34.5 Å². The molecule has 0 spiro atoms. The number of aromatic nitrogens is 4. The van der Waals surface area contributed by atoms with Crippen LogP contribution in [0.25, 0.3) is 21.5 Å². The molecular formula is C30H29Cl2N5O3S. The molecule has 2 aromatic carbocycles. The molecule has 0 unspecified atom stereocenters. The zero-order valence-electron chi connectivity index (χ0n) is 22.3. The van der Waals surface area contributed by atoms with Crippen molar-refractivity contribution < 1.29 is 14.6 Å². The topological polar surface area (TPSA) is 93.4 Å². The first-order chi connectivity index (χ1) is 19.9. The number of aromatic carboxylic acids is 1. The first kappa shape index (κ1) is 25.9. The van der Waals surface area contributed by atoms with E-state index in [1.165, 1.54) is 6.42 Å². The van der Waals surface area contributed by atoms with Crippen molar-refractivity contribution in [2.45, 2.75) is 75.7 Å². The van der Waals surface area contributed by atoms with Gasteiger partial charge in [-0.15, -0.1) is 5.10 Å². The quantitative estimate of drug-likeness (QED) is 0.223. The third-order valence-electron chi connectivity index (χ3n) is 9.35. The summed E-state index contributed by atoms with van der Waals surface area (Å²) in [7, 11) is 0. The molecule has 3 saturated carbocycles. The minimum atomic E-state index is -0.874. The molecule has 1 saturated heterocycles. The number of hydrogen-bond acceptors (Lipinski definition) is 7. The molecule has 2 bridgehead atoms. The van der Waals surface area contributed by atoms with E-state index in [2.05, 4.69) is 15.2 Å². The van der Waals surface area contributed by atoms with Gasteiger partial charge < -0.3 is 14.7 Å². The van der Waals surface area contributed by atoms with Gasteiger partial charge in [0.1, 0.15) is 5.69 Å². The van der Waals surface area contributed by atoms with Gasteiger partial charge >= 0.3 is 5.97 Å². The minimum absolute atomic E-state index is 0.145. The first-order valence-corrected chi connectivity index (χ1v) is 16.0. The van der Waals surface area contributed by atoms with Crippen molar-refractivity contribution in [1.82, 2.24) is 20.0 Å². The number of halogens is 2. The molecule has 4 aliphatic rings. The fourth-order valence-electron chi connectivity index (χ4n) is 6.83. The Morgan fingerprint density at radius 3 is 2.56 bits per heavy atom. The van der Waals surface area contributed by atoms with Crippen molar-refractivity contribution in [3.8, 4) is 11.3 Å². The fourth-order valence-corrected chi connectivity index (χ4v) is 8.53. The van der Waals surface area contributed by atoms with Crippen LogP contribution in [0.4, 0.5) is 5.13 Å². The lowest BCUT2D eigenvalue weighted by Crippen LogP contribution is -2.38. The highest BCUT2D eigenvalue weighted by atomic mass is 35.5. The molecular weight excluding hydrogens is 581 g/mol. The number of benzene rings is 2. The lowest BCUT2D eigenvalue weighted by molar-refractivity contribution is 0.00958. The second-order valence-electron chi connectivity index (χ2n) is 11.9. The highest BCUT2D eigenvalue weighted by Crippen LogP contribution is 2.47. The smallest absolute Gasteiger partial charge is 0.335 e. The van der Waals surface area contributed by atoms with Crippen molar-refractivity contribution in [3.05, 3.63) is 57.2 Å². The van der Waals surface area contributed by atoms with Crippen molar-refractivity contribution in [1.29, 1.82) is 0 Å². The van der Waals surface area contributed by atoms with Crippen LogP contribution in [0.2, 0.25) is 10.0 Å². The van der Waals surface area contributed by atoms with Crippen molar-refractivity contribution >= 4 is 55.9 Å². The summed E-state index contributed by atoms with van der Waals surface area (Å²) in [5.74, 6) is -0.0465. The Balaban J connectivity index is 1.01.